The van der Waals surface area contributed by atoms with Crippen LogP contribution in [0.4, 0.5) is 5.82 Å². The molecule has 0 fully saturated rings. The number of hydrogen-bond acceptors (Lipinski definition) is 4. The molecule has 2 aliphatic heterocycles. The molecular weight excluding hydrogens is 262 g/mol. The Balaban J connectivity index is 1.83. The molecule has 0 spiro atoms. The van der Waals surface area contributed by atoms with E-state index in [0.29, 0.717) is 0 Å². The highest BCUT2D eigenvalue weighted by Gasteiger charge is 2.27. The van der Waals surface area contributed by atoms with E-state index in [1.54, 1.807) is 0 Å². The van der Waals surface area contributed by atoms with Gasteiger partial charge in [0.15, 0.2) is 5.82 Å². The SMILES string of the molecule is CC1=Nc2cc(-c3ccc(C)cc3)nn2C2=NCCCN12. The molecule has 0 N–H and O–H groups in total. The summed E-state index contributed by atoms with van der Waals surface area (Å²) in [6.07, 6.45) is 1.07. The average molecular weight is 279 g/mol. The van der Waals surface area contributed by atoms with Crippen LogP contribution in [-0.4, -0.2) is 39.6 Å². The van der Waals surface area contributed by atoms with Crippen molar-refractivity contribution in [3.05, 3.63) is 35.9 Å². The minimum atomic E-state index is 0.859. The molecule has 5 nitrogen and oxygen atoms in total. The van der Waals surface area contributed by atoms with Crippen molar-refractivity contribution in [3.8, 4) is 11.3 Å². The fourth-order valence-corrected chi connectivity index (χ4v) is 2.77. The molecule has 3 heterocycles. The van der Waals surface area contributed by atoms with Gasteiger partial charge >= 0.3 is 0 Å². The normalized spacial score (nSPS) is 17.0. The van der Waals surface area contributed by atoms with Gasteiger partial charge in [0.05, 0.1) is 5.69 Å². The van der Waals surface area contributed by atoms with Crippen LogP contribution < -0.4 is 0 Å². The molecule has 1 aromatic carbocycles. The van der Waals surface area contributed by atoms with Crippen LogP contribution in [0.3, 0.4) is 0 Å². The van der Waals surface area contributed by atoms with E-state index in [2.05, 4.69) is 46.1 Å². The predicted octanol–water partition coefficient (Wildman–Crippen LogP) is 2.83. The molecule has 0 radical (unpaired) electrons. The number of aromatic nitrogens is 2. The second kappa shape index (κ2) is 4.55. The summed E-state index contributed by atoms with van der Waals surface area (Å²) >= 11 is 0. The van der Waals surface area contributed by atoms with Gasteiger partial charge in [0.1, 0.15) is 5.84 Å². The first-order valence-corrected chi connectivity index (χ1v) is 7.27. The summed E-state index contributed by atoms with van der Waals surface area (Å²) in [6, 6.07) is 10.4. The van der Waals surface area contributed by atoms with E-state index in [1.165, 1.54) is 5.56 Å². The van der Waals surface area contributed by atoms with Crippen LogP contribution in [0, 0.1) is 6.92 Å². The van der Waals surface area contributed by atoms with Crippen molar-refractivity contribution >= 4 is 17.6 Å². The summed E-state index contributed by atoms with van der Waals surface area (Å²) < 4.78 is 1.86. The zero-order chi connectivity index (χ0) is 14.4. The first-order chi connectivity index (χ1) is 10.2. The predicted molar refractivity (Wildman–Crippen MR) is 84.2 cm³/mol. The third-order valence-electron chi connectivity index (χ3n) is 3.93. The Morgan fingerprint density at radius 3 is 2.71 bits per heavy atom. The van der Waals surface area contributed by atoms with Crippen LogP contribution >= 0.6 is 0 Å². The van der Waals surface area contributed by atoms with Crippen LogP contribution in [-0.2, 0) is 0 Å². The fraction of sp³-hybridized carbons (Fsp3) is 0.312. The van der Waals surface area contributed by atoms with Crippen molar-refractivity contribution in [3.63, 3.8) is 0 Å². The van der Waals surface area contributed by atoms with Crippen molar-refractivity contribution < 1.29 is 0 Å². The second-order valence-electron chi connectivity index (χ2n) is 5.51. The second-order valence-corrected chi connectivity index (χ2v) is 5.51. The standard InChI is InChI=1S/C16H17N5/c1-11-4-6-13(7-5-11)14-10-15-18-12(2)20-9-3-8-17-16(20)21(15)19-14/h4-7,10H,3,8-9H2,1-2H3. The minimum Gasteiger partial charge on any atom is -0.299 e. The molecule has 0 bridgehead atoms. The number of nitrogens with zero attached hydrogens (tertiary/aromatic N) is 5. The lowest BCUT2D eigenvalue weighted by atomic mass is 10.1. The molecule has 0 aliphatic carbocycles. The number of rotatable bonds is 1. The van der Waals surface area contributed by atoms with Gasteiger partial charge in [-0.25, -0.2) is 4.99 Å². The highest BCUT2D eigenvalue weighted by atomic mass is 15.5. The monoisotopic (exact) mass is 279 g/mol. The number of hydrogen-bond donors (Lipinski definition) is 0. The largest absolute Gasteiger partial charge is 0.299 e. The van der Waals surface area contributed by atoms with Crippen LogP contribution in [0.25, 0.3) is 11.3 Å². The topological polar surface area (TPSA) is 45.8 Å². The van der Waals surface area contributed by atoms with E-state index >= 15 is 0 Å². The van der Waals surface area contributed by atoms with E-state index in [-0.39, 0.29) is 0 Å². The first-order valence-electron chi connectivity index (χ1n) is 7.27. The Labute approximate surface area is 123 Å². The maximum Gasteiger partial charge on any atom is 0.229 e. The summed E-state index contributed by atoms with van der Waals surface area (Å²) in [5.41, 5.74) is 3.30. The number of amidine groups is 1. The Morgan fingerprint density at radius 1 is 1.10 bits per heavy atom. The minimum absolute atomic E-state index is 0.859. The van der Waals surface area contributed by atoms with Gasteiger partial charge in [-0.3, -0.25) is 9.89 Å². The lowest BCUT2D eigenvalue weighted by Crippen LogP contribution is -2.45. The van der Waals surface area contributed by atoms with Gasteiger partial charge < -0.3 is 0 Å². The Bertz CT molecular complexity index is 751. The van der Waals surface area contributed by atoms with Gasteiger partial charge in [0.2, 0.25) is 5.96 Å². The molecule has 0 saturated heterocycles. The van der Waals surface area contributed by atoms with Crippen molar-refractivity contribution in [2.45, 2.75) is 20.3 Å². The molecule has 0 unspecified atom stereocenters. The third-order valence-corrected chi connectivity index (χ3v) is 3.93. The molecular formula is C16H17N5. The molecule has 0 atom stereocenters. The lowest BCUT2D eigenvalue weighted by molar-refractivity contribution is 0.511. The van der Waals surface area contributed by atoms with Crippen LogP contribution in [0.5, 0.6) is 0 Å². The Kier molecular flexibility index (Phi) is 2.67. The quantitative estimate of drug-likeness (QED) is 0.805. The van der Waals surface area contributed by atoms with Gasteiger partial charge in [-0.05, 0) is 20.3 Å². The highest BCUT2D eigenvalue weighted by molar-refractivity contribution is 6.04. The number of aliphatic imine (C=N–C) groups is 2. The molecule has 1 aromatic heterocycles. The summed E-state index contributed by atoms with van der Waals surface area (Å²) in [6.45, 7) is 5.94. The Hall–Kier alpha value is -2.43. The average Bonchev–Trinajstić information content (AvgIpc) is 2.92. The summed E-state index contributed by atoms with van der Waals surface area (Å²) in [5.74, 6) is 2.76. The van der Waals surface area contributed by atoms with E-state index in [0.717, 1.165) is 48.4 Å². The van der Waals surface area contributed by atoms with Gasteiger partial charge in [-0.1, -0.05) is 29.8 Å². The van der Waals surface area contributed by atoms with Crippen molar-refractivity contribution in [2.24, 2.45) is 9.98 Å². The van der Waals surface area contributed by atoms with E-state index in [1.807, 2.05) is 17.7 Å². The van der Waals surface area contributed by atoms with Crippen molar-refractivity contribution in [1.82, 2.24) is 14.7 Å². The molecule has 21 heavy (non-hydrogen) atoms. The fourth-order valence-electron chi connectivity index (χ4n) is 2.77. The highest BCUT2D eigenvalue weighted by Crippen LogP contribution is 2.28. The molecule has 0 amide bonds. The maximum atomic E-state index is 4.71. The first kappa shape index (κ1) is 12.3. The summed E-state index contributed by atoms with van der Waals surface area (Å²) in [7, 11) is 0. The summed E-state index contributed by atoms with van der Waals surface area (Å²) in [5, 5.41) is 4.71. The Morgan fingerprint density at radius 2 is 1.90 bits per heavy atom. The van der Waals surface area contributed by atoms with E-state index < -0.39 is 0 Å². The van der Waals surface area contributed by atoms with E-state index in [9.17, 15) is 0 Å². The molecule has 5 heteroatoms. The third kappa shape index (κ3) is 1.96. The molecule has 2 aromatic rings. The molecule has 0 saturated carbocycles. The van der Waals surface area contributed by atoms with Crippen LogP contribution in [0.2, 0.25) is 0 Å². The molecule has 4 rings (SSSR count). The number of aryl methyl sites for hydroxylation is 1. The zero-order valence-electron chi connectivity index (χ0n) is 12.2. The smallest absolute Gasteiger partial charge is 0.229 e. The van der Waals surface area contributed by atoms with Gasteiger partial charge in [0, 0.05) is 24.7 Å². The van der Waals surface area contributed by atoms with Crippen molar-refractivity contribution in [2.75, 3.05) is 13.1 Å². The maximum absolute atomic E-state index is 4.71. The van der Waals surface area contributed by atoms with Crippen LogP contribution in [0.15, 0.2) is 40.3 Å². The molecule has 106 valence electrons. The van der Waals surface area contributed by atoms with Gasteiger partial charge in [0.25, 0.3) is 0 Å². The number of benzene rings is 1. The lowest BCUT2D eigenvalue weighted by Gasteiger charge is -2.31. The molecule has 2 aliphatic rings. The summed E-state index contributed by atoms with van der Waals surface area (Å²) in [4.78, 5) is 11.4. The van der Waals surface area contributed by atoms with Gasteiger partial charge in [-0.15, -0.1) is 0 Å². The van der Waals surface area contributed by atoms with Gasteiger partial charge in [-0.2, -0.15) is 9.78 Å². The zero-order valence-corrected chi connectivity index (χ0v) is 12.2. The van der Waals surface area contributed by atoms with Crippen LogP contribution in [0.1, 0.15) is 18.9 Å². The van der Waals surface area contributed by atoms with Crippen molar-refractivity contribution in [1.29, 1.82) is 0 Å². The van der Waals surface area contributed by atoms with E-state index in [4.69, 9.17) is 5.10 Å². The number of fused-ring (bicyclic) bond motifs is 3.